The molecule has 4 rings (SSSR count). The topological polar surface area (TPSA) is 86.0 Å². The van der Waals surface area contributed by atoms with Gasteiger partial charge in [-0.15, -0.1) is 0 Å². The van der Waals surface area contributed by atoms with Gasteiger partial charge in [0.25, 0.3) is 11.5 Å². The summed E-state index contributed by atoms with van der Waals surface area (Å²) in [6.45, 7) is 6.77. The second-order valence-electron chi connectivity index (χ2n) is 7.95. The number of rotatable bonds is 7. The van der Waals surface area contributed by atoms with E-state index >= 15 is 0 Å². The third-order valence-electron chi connectivity index (χ3n) is 6.04. The molecule has 0 radical (unpaired) electrons. The Balaban J connectivity index is 2.03. The largest absolute Gasteiger partial charge is 0.497 e. The monoisotopic (exact) mass is 492 g/mol. The van der Waals surface area contributed by atoms with E-state index in [-0.39, 0.29) is 11.5 Å². The summed E-state index contributed by atoms with van der Waals surface area (Å²) >= 11 is 1.29. The number of carbonyl (C=O) groups excluding carboxylic acids is 1. The van der Waals surface area contributed by atoms with E-state index in [9.17, 15) is 9.59 Å². The van der Waals surface area contributed by atoms with Crippen LogP contribution < -0.4 is 24.4 Å². The molecular formula is C26H28N4O4S. The van der Waals surface area contributed by atoms with Crippen molar-refractivity contribution in [3.63, 3.8) is 0 Å². The Bertz CT molecular complexity index is 1450. The molecule has 9 heteroatoms. The summed E-state index contributed by atoms with van der Waals surface area (Å²) in [5.41, 5.74) is 2.32. The summed E-state index contributed by atoms with van der Waals surface area (Å²) in [6.07, 6.45) is 5.17. The summed E-state index contributed by atoms with van der Waals surface area (Å²) in [6, 6.07) is 8.35. The Hall–Kier alpha value is -3.72. The van der Waals surface area contributed by atoms with Crippen LogP contribution in [0.4, 0.5) is 0 Å². The first kappa shape index (κ1) is 24.4. The zero-order chi connectivity index (χ0) is 25.1. The molecule has 1 aliphatic heterocycles. The molecule has 3 heterocycles. The number of nitrogens with zero attached hydrogens (tertiary/aromatic N) is 4. The highest BCUT2D eigenvalue weighted by Gasteiger charge is 2.36. The van der Waals surface area contributed by atoms with Crippen LogP contribution in [0.2, 0.25) is 0 Å². The molecule has 0 saturated heterocycles. The predicted molar refractivity (Wildman–Crippen MR) is 135 cm³/mol. The lowest BCUT2D eigenvalue weighted by molar-refractivity contribution is -0.127. The first-order valence-electron chi connectivity index (χ1n) is 11.4. The van der Waals surface area contributed by atoms with Gasteiger partial charge >= 0.3 is 0 Å². The number of carbonyl (C=O) groups is 1. The van der Waals surface area contributed by atoms with Gasteiger partial charge in [0.1, 0.15) is 17.5 Å². The van der Waals surface area contributed by atoms with Crippen LogP contribution in [0.5, 0.6) is 11.5 Å². The van der Waals surface area contributed by atoms with Gasteiger partial charge in [-0.1, -0.05) is 11.3 Å². The normalized spacial score (nSPS) is 15.5. The van der Waals surface area contributed by atoms with Gasteiger partial charge < -0.3 is 14.4 Å². The molecule has 0 spiro atoms. The fourth-order valence-electron chi connectivity index (χ4n) is 4.23. The van der Waals surface area contributed by atoms with Gasteiger partial charge in [-0.05, 0) is 62.7 Å². The second kappa shape index (κ2) is 10.3. The summed E-state index contributed by atoms with van der Waals surface area (Å²) in [5, 5.41) is 0. The average Bonchev–Trinajstić information content (AvgIpc) is 3.18. The number of likely N-dealkylation sites (N-methyl/N-ethyl adjacent to an activating group) is 1. The van der Waals surface area contributed by atoms with E-state index < -0.39 is 6.04 Å². The smallest absolute Gasteiger partial charge is 0.271 e. The molecule has 2 aromatic heterocycles. The number of amides is 1. The maximum absolute atomic E-state index is 13.8. The number of allylic oxidation sites excluding steroid dienone is 1. The van der Waals surface area contributed by atoms with Crippen molar-refractivity contribution in [1.29, 1.82) is 0 Å². The maximum Gasteiger partial charge on any atom is 0.271 e. The van der Waals surface area contributed by atoms with Crippen molar-refractivity contribution in [3.05, 3.63) is 84.8 Å². The van der Waals surface area contributed by atoms with E-state index in [2.05, 4.69) is 4.98 Å². The molecule has 3 aromatic rings. The molecule has 1 atom stereocenters. The Kier molecular flexibility index (Phi) is 7.16. The fraction of sp³-hybridized carbons (Fsp3) is 0.308. The zero-order valence-electron chi connectivity index (χ0n) is 20.4. The molecule has 1 aliphatic rings. The van der Waals surface area contributed by atoms with Crippen molar-refractivity contribution in [2.45, 2.75) is 26.8 Å². The van der Waals surface area contributed by atoms with Crippen LogP contribution in [0, 0.1) is 0 Å². The number of thiazole rings is 1. The van der Waals surface area contributed by atoms with E-state index in [0.29, 0.717) is 50.8 Å². The highest BCUT2D eigenvalue weighted by molar-refractivity contribution is 7.07. The Morgan fingerprint density at radius 1 is 1.14 bits per heavy atom. The number of benzene rings is 1. The Morgan fingerprint density at radius 2 is 1.86 bits per heavy atom. The minimum absolute atomic E-state index is 0.158. The van der Waals surface area contributed by atoms with Gasteiger partial charge in [0.2, 0.25) is 0 Å². The molecule has 0 saturated carbocycles. The first-order valence-corrected chi connectivity index (χ1v) is 12.2. The van der Waals surface area contributed by atoms with E-state index in [1.54, 1.807) is 48.2 Å². The number of pyridine rings is 1. The molecule has 182 valence electrons. The summed E-state index contributed by atoms with van der Waals surface area (Å²) in [7, 11) is 3.15. The van der Waals surface area contributed by atoms with E-state index in [4.69, 9.17) is 14.5 Å². The van der Waals surface area contributed by atoms with E-state index in [1.165, 1.54) is 11.3 Å². The van der Waals surface area contributed by atoms with Crippen LogP contribution in [0.25, 0.3) is 6.08 Å². The highest BCUT2D eigenvalue weighted by Crippen LogP contribution is 2.38. The molecule has 1 aromatic carbocycles. The molecule has 35 heavy (non-hydrogen) atoms. The third-order valence-corrected chi connectivity index (χ3v) is 7.02. The minimum atomic E-state index is -0.719. The van der Waals surface area contributed by atoms with Crippen molar-refractivity contribution >= 4 is 23.3 Å². The van der Waals surface area contributed by atoms with Crippen LogP contribution in [0.1, 0.15) is 37.9 Å². The lowest BCUT2D eigenvalue weighted by atomic mass is 9.93. The van der Waals surface area contributed by atoms with Gasteiger partial charge in [-0.3, -0.25) is 19.1 Å². The third kappa shape index (κ3) is 4.51. The van der Waals surface area contributed by atoms with Gasteiger partial charge in [0.05, 0.1) is 30.0 Å². The Labute approximate surface area is 207 Å². The predicted octanol–water partition coefficient (Wildman–Crippen LogP) is 2.52. The van der Waals surface area contributed by atoms with Crippen molar-refractivity contribution in [2.75, 3.05) is 27.3 Å². The molecule has 0 unspecified atom stereocenters. The number of methoxy groups -OCH3 is 2. The molecule has 8 nitrogen and oxygen atoms in total. The standard InChI is InChI=1S/C26H28N4O4S/c1-6-29(7-2)25(32)22-16(3)28-26-30(23(22)19-15-18(33-4)8-9-20(19)34-5)24(31)21(35-26)14-17-10-12-27-13-11-17/h8-15,23H,6-7H2,1-5H3/b21-14+/t23-/m1/s1. The molecule has 0 aliphatic carbocycles. The number of hydrogen-bond acceptors (Lipinski definition) is 7. The molecule has 0 N–H and O–H groups in total. The number of fused-ring (bicyclic) bond motifs is 1. The van der Waals surface area contributed by atoms with Gasteiger partial charge in [0, 0.05) is 31.0 Å². The average molecular weight is 493 g/mol. The lowest BCUT2D eigenvalue weighted by Crippen LogP contribution is -2.43. The van der Waals surface area contributed by atoms with E-state index in [0.717, 1.165) is 5.56 Å². The van der Waals surface area contributed by atoms with Crippen LogP contribution in [0.3, 0.4) is 0 Å². The highest BCUT2D eigenvalue weighted by atomic mass is 32.1. The Morgan fingerprint density at radius 3 is 2.49 bits per heavy atom. The second-order valence-corrected chi connectivity index (χ2v) is 8.96. The zero-order valence-corrected chi connectivity index (χ0v) is 21.3. The van der Waals surface area contributed by atoms with E-state index in [1.807, 2.05) is 45.0 Å². The van der Waals surface area contributed by atoms with Gasteiger partial charge in [-0.25, -0.2) is 4.99 Å². The number of aromatic nitrogens is 2. The van der Waals surface area contributed by atoms with Crippen LogP contribution >= 0.6 is 11.3 Å². The fourth-order valence-corrected chi connectivity index (χ4v) is 5.28. The van der Waals surface area contributed by atoms with Crippen molar-refractivity contribution < 1.29 is 14.3 Å². The van der Waals surface area contributed by atoms with Gasteiger partial charge in [0.15, 0.2) is 4.80 Å². The SMILES string of the molecule is CCN(CC)C(=O)C1=C(C)N=c2s/c(=C/c3ccncc3)c(=O)n2[C@@H]1c1cc(OC)ccc1OC. The minimum Gasteiger partial charge on any atom is -0.497 e. The number of hydrogen-bond donors (Lipinski definition) is 0. The summed E-state index contributed by atoms with van der Waals surface area (Å²) < 4.78 is 13.3. The first-order chi connectivity index (χ1) is 16.9. The van der Waals surface area contributed by atoms with Crippen LogP contribution in [0.15, 0.2) is 63.8 Å². The summed E-state index contributed by atoms with van der Waals surface area (Å²) in [4.78, 5) is 38.5. The molecule has 0 bridgehead atoms. The van der Waals surface area contributed by atoms with Crippen LogP contribution in [-0.2, 0) is 4.79 Å². The van der Waals surface area contributed by atoms with Crippen molar-refractivity contribution in [2.24, 2.45) is 4.99 Å². The molecule has 1 amide bonds. The molecular weight excluding hydrogens is 464 g/mol. The van der Waals surface area contributed by atoms with Crippen molar-refractivity contribution in [1.82, 2.24) is 14.5 Å². The number of ether oxygens (including phenoxy) is 2. The molecule has 0 fully saturated rings. The maximum atomic E-state index is 13.8. The van der Waals surface area contributed by atoms with Crippen molar-refractivity contribution in [3.8, 4) is 11.5 Å². The quantitative estimate of drug-likeness (QED) is 0.506. The van der Waals surface area contributed by atoms with Crippen LogP contribution in [-0.4, -0.2) is 47.7 Å². The lowest BCUT2D eigenvalue weighted by Gasteiger charge is -2.30. The summed E-state index contributed by atoms with van der Waals surface area (Å²) in [5.74, 6) is 0.998. The van der Waals surface area contributed by atoms with Gasteiger partial charge in [-0.2, -0.15) is 0 Å².